The van der Waals surface area contributed by atoms with Gasteiger partial charge in [-0.25, -0.2) is 17.8 Å². The van der Waals surface area contributed by atoms with E-state index in [2.05, 4.69) is 10.1 Å². The number of fused-ring (bicyclic) bond motifs is 2. The third kappa shape index (κ3) is 5.36. The van der Waals surface area contributed by atoms with E-state index < -0.39 is 21.7 Å². The van der Waals surface area contributed by atoms with Crippen molar-refractivity contribution in [2.45, 2.75) is 24.7 Å². The summed E-state index contributed by atoms with van der Waals surface area (Å²) in [6.45, 7) is 2.37. The molecule has 0 saturated carbocycles. The van der Waals surface area contributed by atoms with E-state index in [9.17, 15) is 17.6 Å². The second kappa shape index (κ2) is 10.9. The van der Waals surface area contributed by atoms with E-state index in [0.717, 1.165) is 45.9 Å². The first-order valence-electron chi connectivity index (χ1n) is 13.0. The van der Waals surface area contributed by atoms with Gasteiger partial charge in [-0.15, -0.1) is 0 Å². The van der Waals surface area contributed by atoms with Crippen LogP contribution in [0.4, 0.5) is 15.2 Å². The fraction of sp³-hybridized carbons (Fsp3) is 0.129. The fourth-order valence-corrected chi connectivity index (χ4v) is 7.20. The van der Waals surface area contributed by atoms with Gasteiger partial charge in [0.2, 0.25) is 5.13 Å². The van der Waals surface area contributed by atoms with Crippen molar-refractivity contribution in [3.8, 4) is 0 Å². The Morgan fingerprint density at radius 2 is 1.78 bits per heavy atom. The predicted molar refractivity (Wildman–Crippen MR) is 161 cm³/mol. The van der Waals surface area contributed by atoms with Crippen LogP contribution < -0.4 is 9.31 Å². The molecule has 206 valence electrons. The van der Waals surface area contributed by atoms with Gasteiger partial charge in [0.15, 0.2) is 0 Å². The topological polar surface area (TPSA) is 82.9 Å². The third-order valence-corrected chi connectivity index (χ3v) is 9.69. The van der Waals surface area contributed by atoms with Crippen LogP contribution >= 0.6 is 11.3 Å². The molecule has 4 aromatic carbocycles. The van der Waals surface area contributed by atoms with Gasteiger partial charge in [-0.1, -0.05) is 59.4 Å². The number of aromatic nitrogens is 1. The maximum Gasteiger partial charge on any atom is 0.280 e. The lowest BCUT2D eigenvalue weighted by atomic mass is 10.0. The molecule has 1 aliphatic heterocycles. The number of halogens is 1. The minimum absolute atomic E-state index is 0.0934. The summed E-state index contributed by atoms with van der Waals surface area (Å²) in [4.78, 5) is 18.3. The normalized spacial score (nSPS) is 13.5. The summed E-state index contributed by atoms with van der Waals surface area (Å²) < 4.78 is 43.0. The van der Waals surface area contributed by atoms with Crippen molar-refractivity contribution in [3.63, 3.8) is 0 Å². The van der Waals surface area contributed by atoms with Crippen molar-refractivity contribution < 1.29 is 17.6 Å². The van der Waals surface area contributed by atoms with Crippen LogP contribution in [0.15, 0.2) is 101 Å². The standard InChI is InChI=1S/C31H25FN4O3S2/c1-21-8-10-22(11-9-21)20-33-36(31-34-27-17-14-25(32)19-29(27)40-31)30(37)24-12-15-26(16-13-24)41(38,39)35-18-4-6-23-5-2-3-7-28(23)35/h2-3,5,7-17,19-20H,4,6,18H2,1H3/b33-20+. The Balaban J connectivity index is 1.33. The highest BCUT2D eigenvalue weighted by Crippen LogP contribution is 2.33. The smallest absolute Gasteiger partial charge is 0.267 e. The number of carbonyl (C=O) groups excluding carboxylic acids is 1. The van der Waals surface area contributed by atoms with Crippen molar-refractivity contribution >= 4 is 54.5 Å². The molecule has 0 atom stereocenters. The van der Waals surface area contributed by atoms with E-state index in [0.29, 0.717) is 22.4 Å². The maximum atomic E-state index is 13.8. The molecule has 5 aromatic rings. The number of anilines is 2. The van der Waals surface area contributed by atoms with Crippen molar-refractivity contribution in [2.24, 2.45) is 5.10 Å². The minimum Gasteiger partial charge on any atom is -0.267 e. The lowest BCUT2D eigenvalue weighted by Gasteiger charge is -2.30. The maximum absolute atomic E-state index is 13.8. The summed E-state index contributed by atoms with van der Waals surface area (Å²) >= 11 is 1.14. The van der Waals surface area contributed by atoms with Gasteiger partial charge in [0.1, 0.15) is 5.82 Å². The summed E-state index contributed by atoms with van der Waals surface area (Å²) in [5.74, 6) is -0.901. The quantitative estimate of drug-likeness (QED) is 0.167. The average molecular weight is 585 g/mol. The highest BCUT2D eigenvalue weighted by molar-refractivity contribution is 7.92. The Labute approximate surface area is 241 Å². The van der Waals surface area contributed by atoms with E-state index >= 15 is 0 Å². The van der Waals surface area contributed by atoms with Crippen LogP contribution in [0.2, 0.25) is 0 Å². The lowest BCUT2D eigenvalue weighted by Crippen LogP contribution is -2.35. The highest BCUT2D eigenvalue weighted by atomic mass is 32.2. The molecule has 1 amide bonds. The van der Waals surface area contributed by atoms with Gasteiger partial charge >= 0.3 is 0 Å². The molecule has 0 N–H and O–H groups in total. The number of para-hydroxylation sites is 1. The largest absolute Gasteiger partial charge is 0.280 e. The van der Waals surface area contributed by atoms with Gasteiger partial charge in [0.05, 0.1) is 27.0 Å². The number of amides is 1. The number of thiazole rings is 1. The molecule has 1 aliphatic rings. The van der Waals surface area contributed by atoms with E-state index in [-0.39, 0.29) is 15.6 Å². The molecule has 2 heterocycles. The van der Waals surface area contributed by atoms with Gasteiger partial charge in [0.25, 0.3) is 15.9 Å². The van der Waals surface area contributed by atoms with Crippen LogP contribution in [0.3, 0.4) is 0 Å². The van der Waals surface area contributed by atoms with Crippen LogP contribution in [0.1, 0.15) is 33.5 Å². The van der Waals surface area contributed by atoms with E-state index in [1.165, 1.54) is 40.7 Å². The molecule has 0 spiro atoms. The second-order valence-electron chi connectivity index (χ2n) is 9.71. The molecule has 0 unspecified atom stereocenters. The Kier molecular flexibility index (Phi) is 7.10. The SMILES string of the molecule is Cc1ccc(/C=N/N(C(=O)c2ccc(S(=O)(=O)N3CCCc4ccccc43)cc2)c2nc3ccc(F)cc3s2)cc1. The Bertz CT molecular complexity index is 1890. The predicted octanol–water partition coefficient (Wildman–Crippen LogP) is 6.57. The highest BCUT2D eigenvalue weighted by Gasteiger charge is 2.29. The van der Waals surface area contributed by atoms with Gasteiger partial charge < -0.3 is 0 Å². The van der Waals surface area contributed by atoms with Crippen LogP contribution in [-0.2, 0) is 16.4 Å². The molecule has 0 bridgehead atoms. The van der Waals surface area contributed by atoms with Crippen LogP contribution in [0.25, 0.3) is 10.2 Å². The van der Waals surface area contributed by atoms with Crippen molar-refractivity contribution in [1.82, 2.24) is 4.98 Å². The summed E-state index contributed by atoms with van der Waals surface area (Å²) in [7, 11) is -3.83. The van der Waals surface area contributed by atoms with E-state index in [1.54, 1.807) is 12.3 Å². The number of hydrazone groups is 1. The number of sulfonamides is 1. The van der Waals surface area contributed by atoms with Crippen LogP contribution in [-0.4, -0.2) is 32.1 Å². The molecular weight excluding hydrogens is 559 g/mol. The molecule has 6 rings (SSSR count). The number of hydrogen-bond acceptors (Lipinski definition) is 6. The zero-order chi connectivity index (χ0) is 28.6. The molecule has 7 nitrogen and oxygen atoms in total. The second-order valence-corrected chi connectivity index (χ2v) is 12.6. The Morgan fingerprint density at radius 3 is 2.56 bits per heavy atom. The van der Waals surface area contributed by atoms with E-state index in [4.69, 9.17) is 0 Å². The number of hydrogen-bond donors (Lipinski definition) is 0. The number of rotatable bonds is 6. The first kappa shape index (κ1) is 26.8. The Hall–Kier alpha value is -4.41. The number of nitrogens with zero attached hydrogens (tertiary/aromatic N) is 4. The molecule has 1 aromatic heterocycles. The summed E-state index contributed by atoms with van der Waals surface area (Å²) in [5, 5.41) is 5.87. The van der Waals surface area contributed by atoms with Gasteiger partial charge in [-0.05, 0) is 79.4 Å². The number of carbonyl (C=O) groups is 1. The van der Waals surface area contributed by atoms with Crippen molar-refractivity contribution in [2.75, 3.05) is 15.9 Å². The van der Waals surface area contributed by atoms with E-state index in [1.807, 2.05) is 55.5 Å². The molecular formula is C31H25FN4O3S2. The summed E-state index contributed by atoms with van der Waals surface area (Å²) in [6, 6.07) is 25.2. The first-order chi connectivity index (χ1) is 19.8. The van der Waals surface area contributed by atoms with Crippen LogP contribution in [0.5, 0.6) is 0 Å². The van der Waals surface area contributed by atoms with Crippen LogP contribution in [0, 0.1) is 12.7 Å². The van der Waals surface area contributed by atoms with Gasteiger partial charge in [-0.3, -0.25) is 9.10 Å². The molecule has 41 heavy (non-hydrogen) atoms. The number of benzene rings is 4. The van der Waals surface area contributed by atoms with Crippen molar-refractivity contribution in [1.29, 1.82) is 0 Å². The lowest BCUT2D eigenvalue weighted by molar-refractivity contribution is 0.0987. The molecule has 0 saturated heterocycles. The molecule has 0 radical (unpaired) electrons. The van der Waals surface area contributed by atoms with Gasteiger partial charge in [-0.2, -0.15) is 10.1 Å². The first-order valence-corrected chi connectivity index (χ1v) is 15.3. The summed E-state index contributed by atoms with van der Waals surface area (Å²) in [5.41, 5.74) is 4.32. The number of aryl methyl sites for hydroxylation is 2. The monoisotopic (exact) mass is 584 g/mol. The fourth-order valence-electron chi connectivity index (χ4n) is 4.71. The van der Waals surface area contributed by atoms with Crippen molar-refractivity contribution in [3.05, 3.63) is 119 Å². The zero-order valence-electron chi connectivity index (χ0n) is 22.1. The molecule has 10 heteroatoms. The van der Waals surface area contributed by atoms with Gasteiger partial charge in [0, 0.05) is 12.1 Å². The Morgan fingerprint density at radius 1 is 1.02 bits per heavy atom. The minimum atomic E-state index is -3.83. The summed E-state index contributed by atoms with van der Waals surface area (Å²) in [6.07, 6.45) is 3.11. The molecule has 0 aliphatic carbocycles. The third-order valence-electron chi connectivity index (χ3n) is 6.87. The average Bonchev–Trinajstić information content (AvgIpc) is 3.40. The zero-order valence-corrected chi connectivity index (χ0v) is 23.7. The molecule has 0 fully saturated rings.